The molecule has 0 aliphatic carbocycles. The maximum absolute atomic E-state index is 14.1. The monoisotopic (exact) mass is 383 g/mol. The van der Waals surface area contributed by atoms with Crippen molar-refractivity contribution in [1.82, 2.24) is 4.98 Å². The first-order valence-electron chi connectivity index (χ1n) is 10.0. The van der Waals surface area contributed by atoms with Crippen LogP contribution in [-0.4, -0.2) is 4.98 Å². The molecule has 0 fully saturated rings. The summed E-state index contributed by atoms with van der Waals surface area (Å²) in [5, 5.41) is 4.06. The van der Waals surface area contributed by atoms with Crippen LogP contribution < -0.4 is 0 Å². The summed E-state index contributed by atoms with van der Waals surface area (Å²) in [7, 11) is 0. The minimum atomic E-state index is -0.224. The predicted octanol–water partition coefficient (Wildman–Crippen LogP) is 7.45. The molecule has 29 heavy (non-hydrogen) atoms. The number of benzene rings is 3. The molecule has 0 saturated heterocycles. The molecule has 0 radical (unpaired) electrons. The van der Waals surface area contributed by atoms with Crippen molar-refractivity contribution in [1.29, 1.82) is 0 Å². The molecule has 0 aliphatic heterocycles. The Bertz CT molecular complexity index is 1380. The van der Waals surface area contributed by atoms with Crippen molar-refractivity contribution >= 4 is 32.7 Å². The molecule has 0 aliphatic rings. The first kappa shape index (κ1) is 17.9. The lowest BCUT2D eigenvalue weighted by Gasteiger charge is -2.13. The van der Waals surface area contributed by atoms with Crippen LogP contribution in [-0.2, 0) is 6.42 Å². The van der Waals surface area contributed by atoms with Crippen LogP contribution in [0.2, 0.25) is 0 Å². The summed E-state index contributed by atoms with van der Waals surface area (Å²) in [5.74, 6) is 0.243. The minimum absolute atomic E-state index is 0.224. The van der Waals surface area contributed by atoms with Gasteiger partial charge in [0.15, 0.2) is 0 Å². The summed E-state index contributed by atoms with van der Waals surface area (Å²) < 4.78 is 20.4. The standard InChI is InChI=1S/C26H22FNO/c1-15(2)10-17-14-28-25(20-9-8-18(27)13-21(17)20)23-12-16(3)11-22-19-6-4-5-7-24(19)29-26(22)23/h4-9,11-15H,10H2,1-3H3. The number of aryl methyl sites for hydroxylation is 1. The van der Waals surface area contributed by atoms with Gasteiger partial charge >= 0.3 is 0 Å². The van der Waals surface area contributed by atoms with E-state index in [1.807, 2.05) is 30.5 Å². The molecular formula is C26H22FNO. The van der Waals surface area contributed by atoms with Gasteiger partial charge in [0.2, 0.25) is 0 Å². The van der Waals surface area contributed by atoms with Gasteiger partial charge in [-0.1, -0.05) is 32.0 Å². The van der Waals surface area contributed by atoms with Crippen LogP contribution in [0.1, 0.15) is 25.0 Å². The van der Waals surface area contributed by atoms with E-state index in [0.717, 1.165) is 61.5 Å². The topological polar surface area (TPSA) is 26.0 Å². The molecule has 2 aromatic heterocycles. The third kappa shape index (κ3) is 2.98. The van der Waals surface area contributed by atoms with E-state index in [0.29, 0.717) is 5.92 Å². The van der Waals surface area contributed by atoms with E-state index in [1.54, 1.807) is 6.07 Å². The fraction of sp³-hybridized carbons (Fsp3) is 0.192. The number of rotatable bonds is 3. The Labute approximate surface area is 169 Å². The number of para-hydroxylation sites is 1. The number of nitrogens with zero attached hydrogens (tertiary/aromatic N) is 1. The summed E-state index contributed by atoms with van der Waals surface area (Å²) in [6.45, 7) is 6.41. The van der Waals surface area contributed by atoms with Crippen LogP contribution in [0.4, 0.5) is 4.39 Å². The van der Waals surface area contributed by atoms with Gasteiger partial charge in [0.05, 0.1) is 5.69 Å². The fourth-order valence-electron chi connectivity index (χ4n) is 4.23. The number of fused-ring (bicyclic) bond motifs is 4. The molecule has 3 heteroatoms. The van der Waals surface area contributed by atoms with Crippen LogP contribution in [0, 0.1) is 18.7 Å². The Balaban J connectivity index is 1.86. The molecule has 0 N–H and O–H groups in total. The van der Waals surface area contributed by atoms with Crippen LogP contribution in [0.5, 0.6) is 0 Å². The largest absolute Gasteiger partial charge is 0.455 e. The van der Waals surface area contributed by atoms with E-state index in [1.165, 1.54) is 6.07 Å². The number of furan rings is 1. The highest BCUT2D eigenvalue weighted by Gasteiger charge is 2.17. The minimum Gasteiger partial charge on any atom is -0.455 e. The zero-order chi connectivity index (χ0) is 20.1. The van der Waals surface area contributed by atoms with Crippen LogP contribution >= 0.6 is 0 Å². The molecule has 0 spiro atoms. The molecule has 5 rings (SSSR count). The Kier molecular flexibility index (Phi) is 4.13. The molecule has 2 nitrogen and oxygen atoms in total. The van der Waals surface area contributed by atoms with E-state index >= 15 is 0 Å². The van der Waals surface area contributed by atoms with Gasteiger partial charge in [0.1, 0.15) is 17.0 Å². The van der Waals surface area contributed by atoms with Crippen molar-refractivity contribution in [2.24, 2.45) is 5.92 Å². The molecule has 5 aromatic rings. The van der Waals surface area contributed by atoms with Crippen molar-refractivity contribution in [3.05, 3.63) is 77.7 Å². The van der Waals surface area contributed by atoms with Crippen LogP contribution in [0.25, 0.3) is 44.0 Å². The summed E-state index contributed by atoms with van der Waals surface area (Å²) in [4.78, 5) is 4.84. The van der Waals surface area contributed by atoms with Crippen molar-refractivity contribution < 1.29 is 8.81 Å². The van der Waals surface area contributed by atoms with E-state index in [-0.39, 0.29) is 5.82 Å². The normalized spacial score (nSPS) is 11.9. The van der Waals surface area contributed by atoms with Gasteiger partial charge in [0, 0.05) is 27.9 Å². The van der Waals surface area contributed by atoms with Gasteiger partial charge in [-0.25, -0.2) is 4.39 Å². The van der Waals surface area contributed by atoms with Gasteiger partial charge in [-0.05, 0) is 72.2 Å². The molecule has 0 bridgehead atoms. The van der Waals surface area contributed by atoms with Crippen molar-refractivity contribution in [2.75, 3.05) is 0 Å². The lowest BCUT2D eigenvalue weighted by molar-refractivity contribution is 0.628. The molecule has 0 atom stereocenters. The molecule has 0 saturated carbocycles. The zero-order valence-electron chi connectivity index (χ0n) is 16.8. The maximum atomic E-state index is 14.1. The summed E-state index contributed by atoms with van der Waals surface area (Å²) in [5.41, 5.74) is 5.69. The third-order valence-corrected chi connectivity index (χ3v) is 5.44. The second kappa shape index (κ2) is 6.70. The quantitative estimate of drug-likeness (QED) is 0.323. The highest BCUT2D eigenvalue weighted by atomic mass is 19.1. The highest BCUT2D eigenvalue weighted by Crippen LogP contribution is 2.39. The molecular weight excluding hydrogens is 361 g/mol. The molecule has 0 amide bonds. The summed E-state index contributed by atoms with van der Waals surface area (Å²) in [6, 6.07) is 17.3. The molecule has 0 unspecified atom stereocenters. The van der Waals surface area contributed by atoms with Crippen molar-refractivity contribution in [2.45, 2.75) is 27.2 Å². The second-order valence-electron chi connectivity index (χ2n) is 8.21. The lowest BCUT2D eigenvalue weighted by Crippen LogP contribution is -1.99. The SMILES string of the molecule is Cc1cc(-c2ncc(CC(C)C)c3cc(F)ccc23)c2oc3ccccc3c2c1. The fourth-order valence-corrected chi connectivity index (χ4v) is 4.23. The van der Waals surface area contributed by atoms with Crippen molar-refractivity contribution in [3.8, 4) is 11.3 Å². The first-order chi connectivity index (χ1) is 14.0. The second-order valence-corrected chi connectivity index (χ2v) is 8.21. The number of pyridine rings is 1. The first-order valence-corrected chi connectivity index (χ1v) is 10.0. The van der Waals surface area contributed by atoms with E-state index in [9.17, 15) is 4.39 Å². The average Bonchev–Trinajstić information content (AvgIpc) is 3.06. The number of hydrogen-bond donors (Lipinski definition) is 0. The van der Waals surface area contributed by atoms with Crippen LogP contribution in [0.3, 0.4) is 0 Å². The lowest BCUT2D eigenvalue weighted by atomic mass is 9.94. The van der Waals surface area contributed by atoms with Gasteiger partial charge < -0.3 is 4.42 Å². The Morgan fingerprint density at radius 2 is 1.76 bits per heavy atom. The summed E-state index contributed by atoms with van der Waals surface area (Å²) in [6.07, 6.45) is 2.76. The van der Waals surface area contributed by atoms with Gasteiger partial charge in [-0.2, -0.15) is 0 Å². The Hall–Kier alpha value is -3.20. The van der Waals surface area contributed by atoms with E-state index in [2.05, 4.69) is 39.0 Å². The van der Waals surface area contributed by atoms with E-state index in [4.69, 9.17) is 9.40 Å². The average molecular weight is 383 g/mol. The number of aromatic nitrogens is 1. The smallest absolute Gasteiger partial charge is 0.144 e. The number of halogens is 1. The maximum Gasteiger partial charge on any atom is 0.144 e. The van der Waals surface area contributed by atoms with E-state index < -0.39 is 0 Å². The van der Waals surface area contributed by atoms with Crippen molar-refractivity contribution in [3.63, 3.8) is 0 Å². The summed E-state index contributed by atoms with van der Waals surface area (Å²) >= 11 is 0. The third-order valence-electron chi connectivity index (χ3n) is 5.44. The highest BCUT2D eigenvalue weighted by molar-refractivity contribution is 6.12. The molecule has 144 valence electrons. The molecule has 3 aromatic carbocycles. The zero-order valence-corrected chi connectivity index (χ0v) is 16.8. The molecule has 2 heterocycles. The van der Waals surface area contributed by atoms with Crippen LogP contribution in [0.15, 0.2) is 65.2 Å². The van der Waals surface area contributed by atoms with Gasteiger partial charge in [-0.15, -0.1) is 0 Å². The Morgan fingerprint density at radius 1 is 0.931 bits per heavy atom. The predicted molar refractivity (Wildman–Crippen MR) is 118 cm³/mol. The van der Waals surface area contributed by atoms with Gasteiger partial charge in [-0.3, -0.25) is 4.98 Å². The number of hydrogen-bond acceptors (Lipinski definition) is 2. The Morgan fingerprint density at radius 3 is 2.59 bits per heavy atom. The van der Waals surface area contributed by atoms with Gasteiger partial charge in [0.25, 0.3) is 0 Å².